The Kier molecular flexibility index (Phi) is 11.2. The van der Waals surface area contributed by atoms with Crippen LogP contribution < -0.4 is 11.1 Å². The van der Waals surface area contributed by atoms with Crippen molar-refractivity contribution in [2.45, 2.75) is 56.8 Å². The van der Waals surface area contributed by atoms with E-state index in [9.17, 15) is 14.4 Å². The molecule has 0 saturated carbocycles. The van der Waals surface area contributed by atoms with Crippen molar-refractivity contribution in [3.8, 4) is 0 Å². The predicted molar refractivity (Wildman–Crippen MR) is 186 cm³/mol. The number of likely N-dealkylation sites (tertiary alicyclic amines) is 1. The zero-order valence-electron chi connectivity index (χ0n) is 27.0. The number of carbonyl (C=O) groups excluding carboxylic acids is 3. The number of nitrogens with zero attached hydrogens (tertiary/aromatic N) is 3. The topological polar surface area (TPSA) is 99.0 Å². The van der Waals surface area contributed by atoms with E-state index in [2.05, 4.69) is 23.3 Å². The average Bonchev–Trinajstić information content (AvgIpc) is 3.76. The molecule has 3 amide bonds. The fourth-order valence-electron chi connectivity index (χ4n) is 6.39. The van der Waals surface area contributed by atoms with E-state index in [0.29, 0.717) is 37.5 Å². The molecule has 1 aliphatic heterocycles. The smallest absolute Gasteiger partial charge is 0.254 e. The van der Waals surface area contributed by atoms with Gasteiger partial charge in [-0.25, -0.2) is 0 Å². The number of thiophene rings is 1. The molecular formula is C37H45N5O3S. The van der Waals surface area contributed by atoms with Crippen LogP contribution in [-0.2, 0) is 29.0 Å². The fourth-order valence-corrected chi connectivity index (χ4v) is 7.14. The van der Waals surface area contributed by atoms with Crippen LogP contribution in [-0.4, -0.2) is 84.8 Å². The van der Waals surface area contributed by atoms with E-state index in [1.807, 2.05) is 60.0 Å². The van der Waals surface area contributed by atoms with E-state index >= 15 is 0 Å². The Bertz CT molecular complexity index is 1640. The third kappa shape index (κ3) is 8.02. The Hall–Kier alpha value is -4.05. The predicted octanol–water partition coefficient (Wildman–Crippen LogP) is 4.71. The Morgan fingerprint density at radius 3 is 2.43 bits per heavy atom. The fraction of sp³-hybridized carbons (Fsp3) is 0.378. The largest absolute Gasteiger partial charge is 0.354 e. The van der Waals surface area contributed by atoms with Gasteiger partial charge in [-0.3, -0.25) is 14.4 Å². The molecule has 0 spiro atoms. The molecule has 242 valence electrons. The molecule has 1 saturated heterocycles. The summed E-state index contributed by atoms with van der Waals surface area (Å²) in [5.41, 5.74) is 8.10. The molecular weight excluding hydrogens is 595 g/mol. The molecule has 1 fully saturated rings. The lowest BCUT2D eigenvalue weighted by atomic mass is 9.98. The normalized spacial score (nSPS) is 16.2. The summed E-state index contributed by atoms with van der Waals surface area (Å²) in [5, 5.41) is 7.27. The van der Waals surface area contributed by atoms with Gasteiger partial charge in [0.25, 0.3) is 5.91 Å². The zero-order chi connectivity index (χ0) is 32.6. The first-order valence-electron chi connectivity index (χ1n) is 16.1. The lowest BCUT2D eigenvalue weighted by Gasteiger charge is -2.34. The number of fused-ring (bicyclic) bond motifs is 1. The van der Waals surface area contributed by atoms with Crippen LogP contribution in [0.25, 0.3) is 10.8 Å². The minimum absolute atomic E-state index is 0.181. The zero-order valence-corrected chi connectivity index (χ0v) is 27.8. The van der Waals surface area contributed by atoms with Crippen molar-refractivity contribution in [3.63, 3.8) is 0 Å². The van der Waals surface area contributed by atoms with Gasteiger partial charge < -0.3 is 25.8 Å². The molecule has 3 N–H and O–H groups in total. The van der Waals surface area contributed by atoms with Crippen LogP contribution in [0.3, 0.4) is 0 Å². The maximum atomic E-state index is 14.5. The van der Waals surface area contributed by atoms with Crippen LogP contribution in [0.2, 0.25) is 0 Å². The molecule has 5 rings (SSSR count). The molecule has 46 heavy (non-hydrogen) atoms. The monoisotopic (exact) mass is 639 g/mol. The minimum Gasteiger partial charge on any atom is -0.354 e. The van der Waals surface area contributed by atoms with E-state index in [0.717, 1.165) is 46.2 Å². The van der Waals surface area contributed by atoms with E-state index in [1.165, 1.54) is 11.3 Å². The summed E-state index contributed by atoms with van der Waals surface area (Å²) in [6.07, 6.45) is 3.88. The van der Waals surface area contributed by atoms with Crippen LogP contribution in [0.15, 0.2) is 84.2 Å². The van der Waals surface area contributed by atoms with Gasteiger partial charge in [-0.1, -0.05) is 60.7 Å². The second-order valence-electron chi connectivity index (χ2n) is 12.3. The summed E-state index contributed by atoms with van der Waals surface area (Å²) in [6.45, 7) is 1.94. The summed E-state index contributed by atoms with van der Waals surface area (Å²) in [5.74, 6) is -0.743. The molecule has 9 heteroatoms. The molecule has 1 aliphatic rings. The van der Waals surface area contributed by atoms with E-state index < -0.39 is 12.1 Å². The SMILES string of the molecule is CN1CCCC1CCNC(=O)[C@@H](Cc1cccs1)N(C)C(=O)[C@@H](Cc1ccc2ccccc2c1)N(C)C(=O)c1cccc(CN)c1. The molecule has 3 atom stereocenters. The summed E-state index contributed by atoms with van der Waals surface area (Å²) in [4.78, 5) is 48.6. The van der Waals surface area contributed by atoms with Gasteiger partial charge in [-0.05, 0) is 78.3 Å². The highest BCUT2D eigenvalue weighted by molar-refractivity contribution is 7.09. The third-order valence-electron chi connectivity index (χ3n) is 9.27. The van der Waals surface area contributed by atoms with Gasteiger partial charge in [0, 0.05) is 56.5 Å². The Morgan fingerprint density at radius 2 is 1.72 bits per heavy atom. The molecule has 8 nitrogen and oxygen atoms in total. The Balaban J connectivity index is 1.41. The molecule has 2 heterocycles. The van der Waals surface area contributed by atoms with Crippen molar-refractivity contribution in [1.82, 2.24) is 20.0 Å². The van der Waals surface area contributed by atoms with E-state index in [4.69, 9.17) is 5.73 Å². The van der Waals surface area contributed by atoms with Crippen molar-refractivity contribution >= 4 is 39.8 Å². The quantitative estimate of drug-likeness (QED) is 0.221. The van der Waals surface area contributed by atoms with Crippen LogP contribution in [0.4, 0.5) is 0 Å². The first kappa shape index (κ1) is 33.3. The maximum absolute atomic E-state index is 14.5. The second-order valence-corrected chi connectivity index (χ2v) is 13.4. The standard InChI is InChI=1S/C37H45N5O3S/c1-40-19-7-13-31(40)17-18-39-35(43)33(24-32-14-8-20-46-32)41(2)37(45)34(23-26-15-16-28-10-4-5-11-29(28)21-26)42(3)36(44)30-12-6-9-27(22-30)25-38/h4-6,8-12,14-16,20-22,31,33-34H,7,13,17-19,23-25,38H2,1-3H3,(H,39,43)/t31?,33-,34-/m1/s1. The number of hydrogen-bond donors (Lipinski definition) is 2. The van der Waals surface area contributed by atoms with Crippen molar-refractivity contribution in [3.05, 3.63) is 106 Å². The van der Waals surface area contributed by atoms with Gasteiger partial charge in [-0.2, -0.15) is 0 Å². The number of nitrogens with two attached hydrogens (primary N) is 1. The van der Waals surface area contributed by atoms with Crippen LogP contribution >= 0.6 is 11.3 Å². The molecule has 0 radical (unpaired) electrons. The van der Waals surface area contributed by atoms with Gasteiger partial charge in [0.2, 0.25) is 11.8 Å². The van der Waals surface area contributed by atoms with Gasteiger partial charge in [-0.15, -0.1) is 11.3 Å². The van der Waals surface area contributed by atoms with Crippen LogP contribution in [0, 0.1) is 0 Å². The molecule has 0 aliphatic carbocycles. The summed E-state index contributed by atoms with van der Waals surface area (Å²) in [6, 6.07) is 24.2. The highest BCUT2D eigenvalue weighted by Gasteiger charge is 2.36. The van der Waals surface area contributed by atoms with Crippen molar-refractivity contribution in [2.24, 2.45) is 5.73 Å². The number of rotatable bonds is 13. The van der Waals surface area contributed by atoms with Crippen molar-refractivity contribution in [1.29, 1.82) is 0 Å². The number of nitrogens with one attached hydrogen (secondary N) is 1. The minimum atomic E-state index is -0.842. The summed E-state index contributed by atoms with van der Waals surface area (Å²) >= 11 is 1.57. The number of amides is 3. The lowest BCUT2D eigenvalue weighted by molar-refractivity contribution is -0.142. The maximum Gasteiger partial charge on any atom is 0.254 e. The number of likely N-dealkylation sites (N-methyl/N-ethyl adjacent to an activating group) is 2. The van der Waals surface area contributed by atoms with Gasteiger partial charge in [0.1, 0.15) is 12.1 Å². The van der Waals surface area contributed by atoms with Gasteiger partial charge in [0.05, 0.1) is 0 Å². The highest BCUT2D eigenvalue weighted by atomic mass is 32.1. The van der Waals surface area contributed by atoms with Gasteiger partial charge in [0.15, 0.2) is 0 Å². The number of carbonyl (C=O) groups is 3. The van der Waals surface area contributed by atoms with E-state index in [-0.39, 0.29) is 17.7 Å². The molecule has 4 aromatic rings. The van der Waals surface area contributed by atoms with Gasteiger partial charge >= 0.3 is 0 Å². The molecule has 1 unspecified atom stereocenters. The van der Waals surface area contributed by atoms with Crippen molar-refractivity contribution < 1.29 is 14.4 Å². The highest BCUT2D eigenvalue weighted by Crippen LogP contribution is 2.22. The average molecular weight is 640 g/mol. The lowest BCUT2D eigenvalue weighted by Crippen LogP contribution is -2.56. The first-order chi connectivity index (χ1) is 22.2. The van der Waals surface area contributed by atoms with Crippen LogP contribution in [0.1, 0.15) is 45.6 Å². The van der Waals surface area contributed by atoms with E-state index in [1.54, 1.807) is 48.5 Å². The molecule has 1 aromatic heterocycles. The van der Waals surface area contributed by atoms with Crippen molar-refractivity contribution in [2.75, 3.05) is 34.2 Å². The Labute approximate surface area is 276 Å². The summed E-state index contributed by atoms with van der Waals surface area (Å²) < 4.78 is 0. The summed E-state index contributed by atoms with van der Waals surface area (Å²) in [7, 11) is 5.48. The molecule has 3 aromatic carbocycles. The van der Waals surface area contributed by atoms with Crippen LogP contribution in [0.5, 0.6) is 0 Å². The molecule has 0 bridgehead atoms. The second kappa shape index (κ2) is 15.5. The first-order valence-corrected chi connectivity index (χ1v) is 16.9. The number of benzene rings is 3. The number of hydrogen-bond acceptors (Lipinski definition) is 6. The Morgan fingerprint density at radius 1 is 0.913 bits per heavy atom. The third-order valence-corrected chi connectivity index (χ3v) is 10.2.